The summed E-state index contributed by atoms with van der Waals surface area (Å²) in [4.78, 5) is 11.3. The first-order valence-corrected chi connectivity index (χ1v) is 10.4. The predicted molar refractivity (Wildman–Crippen MR) is 110 cm³/mol. The first kappa shape index (κ1) is 18.3. The Kier molecular flexibility index (Phi) is 4.43. The van der Waals surface area contributed by atoms with E-state index in [9.17, 15) is 18.3 Å². The second-order valence-electron chi connectivity index (χ2n) is 6.96. The Morgan fingerprint density at radius 1 is 1.07 bits per heavy atom. The van der Waals surface area contributed by atoms with Crippen LogP contribution in [0.2, 0.25) is 0 Å². The molecule has 1 aliphatic carbocycles. The van der Waals surface area contributed by atoms with Gasteiger partial charge in [0.05, 0.1) is 17.0 Å². The Hall–Kier alpha value is -3.12. The lowest BCUT2D eigenvalue weighted by molar-refractivity contribution is -0.135. The molecule has 0 fully saturated rings. The second kappa shape index (κ2) is 6.80. The van der Waals surface area contributed by atoms with E-state index in [2.05, 4.69) is 4.72 Å². The lowest BCUT2D eigenvalue weighted by Gasteiger charge is -2.12. The van der Waals surface area contributed by atoms with E-state index in [4.69, 9.17) is 0 Å². The van der Waals surface area contributed by atoms with Gasteiger partial charge in [0.15, 0.2) is 0 Å². The molecule has 6 heteroatoms. The molecule has 0 bridgehead atoms. The summed E-state index contributed by atoms with van der Waals surface area (Å²) in [6, 6.07) is 17.9. The van der Waals surface area contributed by atoms with Crippen molar-refractivity contribution in [2.45, 2.75) is 24.7 Å². The molecule has 2 N–H and O–H groups in total. The lowest BCUT2D eigenvalue weighted by atomic mass is 10.0. The molecule has 1 aliphatic rings. The summed E-state index contributed by atoms with van der Waals surface area (Å²) in [5.41, 5.74) is 3.84. The minimum atomic E-state index is -3.82. The largest absolute Gasteiger partial charge is 0.481 e. The number of sulfonamides is 1. The quantitative estimate of drug-likeness (QED) is 0.671. The van der Waals surface area contributed by atoms with Crippen LogP contribution in [0.15, 0.2) is 71.1 Å². The lowest BCUT2D eigenvalue weighted by Crippen LogP contribution is -2.13. The maximum Gasteiger partial charge on any atom is 0.307 e. The molecule has 0 saturated carbocycles. The molecule has 0 amide bonds. The van der Waals surface area contributed by atoms with Gasteiger partial charge in [-0.05, 0) is 53.6 Å². The normalized spacial score (nSPS) is 13.6. The minimum absolute atomic E-state index is 0.112. The third kappa shape index (κ3) is 3.27. The molecule has 0 heterocycles. The number of nitrogens with one attached hydrogen (secondary N) is 1. The fourth-order valence-corrected chi connectivity index (χ4v) is 4.80. The van der Waals surface area contributed by atoms with Crippen LogP contribution in [-0.2, 0) is 21.2 Å². The van der Waals surface area contributed by atoms with Crippen molar-refractivity contribution in [3.63, 3.8) is 0 Å². The van der Waals surface area contributed by atoms with Gasteiger partial charge < -0.3 is 5.11 Å². The molecule has 0 unspecified atom stereocenters. The van der Waals surface area contributed by atoms with Crippen LogP contribution in [0, 0.1) is 0 Å². The van der Waals surface area contributed by atoms with E-state index in [0.29, 0.717) is 23.2 Å². The number of hydrogen-bond acceptors (Lipinski definition) is 3. The topological polar surface area (TPSA) is 83.5 Å². The molecule has 3 aromatic carbocycles. The molecule has 3 aromatic rings. The maximum atomic E-state index is 13.0. The molecule has 4 rings (SSSR count). The van der Waals surface area contributed by atoms with Crippen molar-refractivity contribution in [3.05, 3.63) is 77.4 Å². The van der Waals surface area contributed by atoms with Gasteiger partial charge in [0.1, 0.15) is 0 Å². The summed E-state index contributed by atoms with van der Waals surface area (Å²) in [6.45, 7) is 1.89. The van der Waals surface area contributed by atoms with Gasteiger partial charge in [-0.1, -0.05) is 48.0 Å². The highest BCUT2D eigenvalue weighted by Gasteiger charge is 2.24. The average molecular weight is 393 g/mol. The zero-order valence-electron chi connectivity index (χ0n) is 15.3. The number of benzene rings is 3. The van der Waals surface area contributed by atoms with Crippen LogP contribution >= 0.6 is 0 Å². The van der Waals surface area contributed by atoms with Crippen molar-refractivity contribution in [1.82, 2.24) is 0 Å². The smallest absolute Gasteiger partial charge is 0.307 e. The van der Waals surface area contributed by atoms with Gasteiger partial charge in [0.2, 0.25) is 0 Å². The third-order valence-electron chi connectivity index (χ3n) is 5.05. The Labute approximate surface area is 163 Å². The first-order valence-electron chi connectivity index (χ1n) is 8.89. The van der Waals surface area contributed by atoms with Crippen LogP contribution in [0.4, 0.5) is 5.69 Å². The zero-order chi connectivity index (χ0) is 19.9. The number of fused-ring (bicyclic) bond motifs is 2. The number of allylic oxidation sites excluding steroid dienone is 1. The molecule has 142 valence electrons. The van der Waals surface area contributed by atoms with Crippen molar-refractivity contribution in [1.29, 1.82) is 0 Å². The summed E-state index contributed by atoms with van der Waals surface area (Å²) in [5, 5.41) is 10.9. The van der Waals surface area contributed by atoms with Crippen LogP contribution in [0.1, 0.15) is 24.5 Å². The van der Waals surface area contributed by atoms with Crippen LogP contribution in [-0.4, -0.2) is 19.5 Å². The number of anilines is 1. The number of aliphatic carboxylic acids is 1. The standard InChI is InChI=1S/C22H19NO4S/c1-14-11-16-9-10-17(12-20(16)19(14)13-22(24)25)28(26,27)23-21-8-4-6-15-5-2-3-7-18(15)21/h2-10,12,23H,11,13H2,1H3,(H,24,25). The summed E-state index contributed by atoms with van der Waals surface area (Å²) in [7, 11) is -3.82. The van der Waals surface area contributed by atoms with E-state index in [1.165, 1.54) is 0 Å². The Morgan fingerprint density at radius 2 is 1.82 bits per heavy atom. The molecule has 0 radical (unpaired) electrons. The molecule has 0 atom stereocenters. The van der Waals surface area contributed by atoms with Gasteiger partial charge in [0, 0.05) is 5.39 Å². The Bertz CT molecular complexity index is 1240. The predicted octanol–water partition coefficient (Wildman–Crippen LogP) is 4.44. The molecule has 0 spiro atoms. The van der Waals surface area contributed by atoms with Crippen molar-refractivity contribution < 1.29 is 18.3 Å². The maximum absolute atomic E-state index is 13.0. The molecule has 28 heavy (non-hydrogen) atoms. The molecule has 5 nitrogen and oxygen atoms in total. The number of hydrogen-bond donors (Lipinski definition) is 2. The van der Waals surface area contributed by atoms with Crippen molar-refractivity contribution in [2.75, 3.05) is 4.72 Å². The summed E-state index contributed by atoms with van der Waals surface area (Å²) < 4.78 is 28.7. The van der Waals surface area contributed by atoms with Crippen LogP contribution < -0.4 is 4.72 Å². The van der Waals surface area contributed by atoms with E-state index in [1.807, 2.05) is 37.3 Å². The zero-order valence-corrected chi connectivity index (χ0v) is 16.1. The fraction of sp³-hybridized carbons (Fsp3) is 0.136. The number of carboxylic acid groups (broad SMARTS) is 1. The molecular weight excluding hydrogens is 374 g/mol. The molecular formula is C22H19NO4S. The summed E-state index contributed by atoms with van der Waals surface area (Å²) in [5.74, 6) is -0.927. The number of carboxylic acids is 1. The van der Waals surface area contributed by atoms with E-state index in [1.54, 1.807) is 30.3 Å². The van der Waals surface area contributed by atoms with E-state index in [-0.39, 0.29) is 11.3 Å². The first-order chi connectivity index (χ1) is 13.3. The van der Waals surface area contributed by atoms with E-state index >= 15 is 0 Å². The van der Waals surface area contributed by atoms with Crippen LogP contribution in [0.25, 0.3) is 16.3 Å². The van der Waals surface area contributed by atoms with Crippen molar-refractivity contribution in [3.8, 4) is 0 Å². The highest BCUT2D eigenvalue weighted by Crippen LogP contribution is 2.36. The van der Waals surface area contributed by atoms with Gasteiger partial charge in [0.25, 0.3) is 10.0 Å². The fourth-order valence-electron chi connectivity index (χ4n) is 3.70. The SMILES string of the molecule is CC1=C(CC(=O)O)c2cc(S(=O)(=O)Nc3cccc4ccccc34)ccc2C1. The Balaban J connectivity index is 1.73. The molecule has 0 aliphatic heterocycles. The third-order valence-corrected chi connectivity index (χ3v) is 6.41. The highest BCUT2D eigenvalue weighted by molar-refractivity contribution is 7.92. The highest BCUT2D eigenvalue weighted by atomic mass is 32.2. The van der Waals surface area contributed by atoms with Gasteiger partial charge in [-0.25, -0.2) is 8.42 Å². The van der Waals surface area contributed by atoms with Gasteiger partial charge >= 0.3 is 5.97 Å². The van der Waals surface area contributed by atoms with E-state index in [0.717, 1.165) is 21.9 Å². The second-order valence-corrected chi connectivity index (χ2v) is 8.64. The van der Waals surface area contributed by atoms with Crippen molar-refractivity contribution >= 4 is 38.0 Å². The average Bonchev–Trinajstić information content (AvgIpc) is 2.96. The minimum Gasteiger partial charge on any atom is -0.481 e. The van der Waals surface area contributed by atoms with Crippen LogP contribution in [0.5, 0.6) is 0 Å². The monoisotopic (exact) mass is 393 g/mol. The van der Waals surface area contributed by atoms with E-state index < -0.39 is 16.0 Å². The molecule has 0 aromatic heterocycles. The summed E-state index contributed by atoms with van der Waals surface area (Å²) in [6.07, 6.45) is 0.536. The molecule has 0 saturated heterocycles. The Morgan fingerprint density at radius 3 is 2.61 bits per heavy atom. The van der Waals surface area contributed by atoms with Gasteiger partial charge in [-0.2, -0.15) is 0 Å². The van der Waals surface area contributed by atoms with Gasteiger partial charge in [-0.3, -0.25) is 9.52 Å². The van der Waals surface area contributed by atoms with Crippen molar-refractivity contribution in [2.24, 2.45) is 0 Å². The number of carbonyl (C=O) groups is 1. The van der Waals surface area contributed by atoms with Gasteiger partial charge in [-0.15, -0.1) is 0 Å². The summed E-state index contributed by atoms with van der Waals surface area (Å²) >= 11 is 0. The number of rotatable bonds is 5. The van der Waals surface area contributed by atoms with Crippen LogP contribution in [0.3, 0.4) is 0 Å².